The first kappa shape index (κ1) is 25.1. The van der Waals surface area contributed by atoms with Gasteiger partial charge in [0.05, 0.1) is 5.52 Å². The summed E-state index contributed by atoms with van der Waals surface area (Å²) >= 11 is 5.71. The van der Waals surface area contributed by atoms with Crippen LogP contribution in [-0.2, 0) is 11.3 Å². The van der Waals surface area contributed by atoms with E-state index < -0.39 is 6.09 Å². The van der Waals surface area contributed by atoms with Crippen LogP contribution in [-0.4, -0.2) is 17.1 Å². The molecular weight excluding hydrogens is 446 g/mol. The van der Waals surface area contributed by atoms with Gasteiger partial charge in [-0.25, -0.2) is 4.79 Å². The Morgan fingerprint density at radius 3 is 2.38 bits per heavy atom. The minimum Gasteiger partial charge on any atom is -0.445 e. The fourth-order valence-electron chi connectivity index (χ4n) is 3.22. The van der Waals surface area contributed by atoms with E-state index in [1.54, 1.807) is 0 Å². The van der Waals surface area contributed by atoms with Gasteiger partial charge in [-0.3, -0.25) is 4.98 Å². The van der Waals surface area contributed by atoms with Crippen molar-refractivity contribution in [2.75, 3.05) is 5.32 Å². The van der Waals surface area contributed by atoms with Crippen LogP contribution in [0.4, 0.5) is 10.5 Å². The number of fused-ring (bicyclic) bond motifs is 1. The Balaban J connectivity index is 0.000000151. The smallest absolute Gasteiger partial charge is 0.404 e. The third-order valence-corrected chi connectivity index (χ3v) is 5.81. The maximum absolute atomic E-state index is 10.2. The van der Waals surface area contributed by atoms with Crippen LogP contribution < -0.4 is 11.1 Å². The van der Waals surface area contributed by atoms with E-state index in [4.69, 9.17) is 17.3 Å². The summed E-state index contributed by atoms with van der Waals surface area (Å²) in [6, 6.07) is 28.3. The van der Waals surface area contributed by atoms with Crippen LogP contribution in [0.1, 0.15) is 30.4 Å². The number of nitrogens with one attached hydrogen (secondary N) is 1. The first-order chi connectivity index (χ1) is 16.5. The zero-order valence-electron chi connectivity index (χ0n) is 19.3. The van der Waals surface area contributed by atoms with Gasteiger partial charge in [-0.15, -0.1) is 0 Å². The van der Waals surface area contributed by atoms with Crippen molar-refractivity contribution in [1.82, 2.24) is 4.98 Å². The minimum atomic E-state index is -0.742. The Bertz CT molecular complexity index is 1160. The first-order valence-corrected chi connectivity index (χ1v) is 11.7. The van der Waals surface area contributed by atoms with Gasteiger partial charge in [0.25, 0.3) is 0 Å². The third-order valence-electron chi connectivity index (χ3n) is 5.38. The molecule has 3 aromatic carbocycles. The number of ether oxygens (including phenoxy) is 1. The molecule has 5 nitrogen and oxygen atoms in total. The lowest BCUT2D eigenvalue weighted by atomic mass is 9.93. The number of amides is 1. The monoisotopic (exact) mass is 475 g/mol. The minimum absolute atomic E-state index is 0.246. The van der Waals surface area contributed by atoms with Crippen molar-refractivity contribution in [2.24, 2.45) is 5.73 Å². The van der Waals surface area contributed by atoms with Crippen molar-refractivity contribution in [1.29, 1.82) is 0 Å². The predicted octanol–water partition coefficient (Wildman–Crippen LogP) is 7.13. The second kappa shape index (κ2) is 13.2. The molecule has 6 heteroatoms. The Kier molecular flexibility index (Phi) is 9.74. The highest BCUT2D eigenvalue weighted by Gasteiger charge is 2.16. The second-order valence-corrected chi connectivity index (χ2v) is 8.43. The van der Waals surface area contributed by atoms with E-state index in [2.05, 4.69) is 39.3 Å². The molecule has 1 heterocycles. The molecular formula is C28H30ClN3O2. The first-order valence-electron chi connectivity index (χ1n) is 11.3. The van der Waals surface area contributed by atoms with Crippen molar-refractivity contribution >= 4 is 34.3 Å². The van der Waals surface area contributed by atoms with Crippen LogP contribution in [0.5, 0.6) is 0 Å². The Hall–Kier alpha value is -3.57. The molecule has 0 aliphatic heterocycles. The number of hydrogen-bond donors (Lipinski definition) is 2. The number of anilines is 1. The molecule has 1 aliphatic rings. The number of aromatic nitrogens is 1. The van der Waals surface area contributed by atoms with Crippen LogP contribution >= 0.6 is 11.6 Å². The zero-order valence-corrected chi connectivity index (χ0v) is 20.0. The van der Waals surface area contributed by atoms with Crippen LogP contribution in [0.3, 0.4) is 0 Å². The Labute approximate surface area is 205 Å². The summed E-state index contributed by atoms with van der Waals surface area (Å²) in [7, 11) is 0. The number of primary amides is 1. The van der Waals surface area contributed by atoms with Gasteiger partial charge >= 0.3 is 6.09 Å². The molecule has 4 aromatic rings. The van der Waals surface area contributed by atoms with Gasteiger partial charge in [0.2, 0.25) is 0 Å². The second-order valence-electron chi connectivity index (χ2n) is 8.03. The summed E-state index contributed by atoms with van der Waals surface area (Å²) in [6.45, 7) is 2.23. The molecule has 1 fully saturated rings. The molecule has 0 atom stereocenters. The number of nitrogens with two attached hydrogens (primary N) is 1. The highest BCUT2D eigenvalue weighted by Crippen LogP contribution is 2.24. The highest BCUT2D eigenvalue weighted by atomic mass is 35.5. The maximum atomic E-state index is 10.2. The zero-order chi connectivity index (χ0) is 24.2. The number of nitrogens with zero attached hydrogens (tertiary/aromatic N) is 1. The number of pyridine rings is 1. The molecule has 1 saturated carbocycles. The Morgan fingerprint density at radius 2 is 1.76 bits per heavy atom. The highest BCUT2D eigenvalue weighted by molar-refractivity contribution is 6.31. The predicted molar refractivity (Wildman–Crippen MR) is 140 cm³/mol. The molecule has 3 N–H and O–H groups in total. The Morgan fingerprint density at radius 1 is 1.03 bits per heavy atom. The lowest BCUT2D eigenvalue weighted by Crippen LogP contribution is -2.26. The van der Waals surface area contributed by atoms with Crippen molar-refractivity contribution in [3.8, 4) is 0 Å². The number of halogens is 1. The van der Waals surface area contributed by atoms with Crippen LogP contribution in [0.15, 0.2) is 91.1 Å². The van der Waals surface area contributed by atoms with Gasteiger partial charge in [0.1, 0.15) is 6.61 Å². The summed E-state index contributed by atoms with van der Waals surface area (Å²) in [5.74, 6) is 0. The average molecular weight is 476 g/mol. The van der Waals surface area contributed by atoms with Crippen LogP contribution in [0, 0.1) is 6.92 Å². The standard InChI is InChI=1S/C13H14N2.C8H9NO2.C7H7Cl/c1-4-11(5-1)15-12-7-6-10-3-2-8-14-13(10)9-12;9-8(10)11-6-7-4-2-1-3-5-7;1-6-4-2-3-5-7(6)8/h2-3,6-9,11,15H,1,4-5H2;1-5H,6H2,(H2,9,10);2-5H,1H3. The van der Waals surface area contributed by atoms with Crippen molar-refractivity contribution in [3.05, 3.63) is 107 Å². The third kappa shape index (κ3) is 8.41. The maximum Gasteiger partial charge on any atom is 0.404 e. The molecule has 0 radical (unpaired) electrons. The fraction of sp³-hybridized carbons (Fsp3) is 0.214. The number of carbonyl (C=O) groups excluding carboxylic acids is 1. The number of aryl methyl sites for hydroxylation is 1. The number of rotatable bonds is 4. The van der Waals surface area contributed by atoms with E-state index in [1.807, 2.05) is 73.8 Å². The van der Waals surface area contributed by atoms with Gasteiger partial charge in [-0.2, -0.15) is 0 Å². The van der Waals surface area contributed by atoms with Gasteiger partial charge < -0.3 is 15.8 Å². The van der Waals surface area contributed by atoms with Crippen molar-refractivity contribution in [3.63, 3.8) is 0 Å². The molecule has 1 aliphatic carbocycles. The van der Waals surface area contributed by atoms with Crippen molar-refractivity contribution in [2.45, 2.75) is 38.8 Å². The quantitative estimate of drug-likeness (QED) is 0.329. The van der Waals surface area contributed by atoms with E-state index in [9.17, 15) is 4.79 Å². The van der Waals surface area contributed by atoms with Crippen LogP contribution in [0.2, 0.25) is 5.02 Å². The summed E-state index contributed by atoms with van der Waals surface area (Å²) in [5, 5.41) is 5.58. The van der Waals surface area contributed by atoms with E-state index in [0.29, 0.717) is 6.04 Å². The molecule has 0 bridgehead atoms. The van der Waals surface area contributed by atoms with Gasteiger partial charge in [0.15, 0.2) is 0 Å². The molecule has 0 saturated heterocycles. The topological polar surface area (TPSA) is 77.2 Å². The summed E-state index contributed by atoms with van der Waals surface area (Å²) in [5.41, 5.74) is 9.12. The molecule has 1 aromatic heterocycles. The average Bonchev–Trinajstić information content (AvgIpc) is 2.83. The lowest BCUT2D eigenvalue weighted by Gasteiger charge is -2.27. The number of carbonyl (C=O) groups is 1. The molecule has 0 spiro atoms. The fourth-order valence-corrected chi connectivity index (χ4v) is 3.36. The molecule has 1 amide bonds. The summed E-state index contributed by atoms with van der Waals surface area (Å²) < 4.78 is 4.57. The van der Waals surface area contributed by atoms with E-state index in [-0.39, 0.29) is 6.61 Å². The lowest BCUT2D eigenvalue weighted by molar-refractivity contribution is 0.150. The van der Waals surface area contributed by atoms with Gasteiger partial charge in [-0.05, 0) is 61.6 Å². The number of hydrogen-bond acceptors (Lipinski definition) is 4. The molecule has 5 rings (SSSR count). The van der Waals surface area contributed by atoms with Gasteiger partial charge in [0, 0.05) is 28.3 Å². The normalized spacial score (nSPS) is 12.3. The van der Waals surface area contributed by atoms with E-state index >= 15 is 0 Å². The molecule has 176 valence electrons. The van der Waals surface area contributed by atoms with E-state index in [1.165, 1.54) is 30.3 Å². The molecule has 0 unspecified atom stereocenters. The van der Waals surface area contributed by atoms with Crippen LogP contribution in [0.25, 0.3) is 10.9 Å². The summed E-state index contributed by atoms with van der Waals surface area (Å²) in [6.07, 6.45) is 5.08. The van der Waals surface area contributed by atoms with Crippen molar-refractivity contribution < 1.29 is 9.53 Å². The SMILES string of the molecule is Cc1ccccc1Cl.NC(=O)OCc1ccccc1.c1cnc2cc(NC3CCC3)ccc2c1. The summed E-state index contributed by atoms with van der Waals surface area (Å²) in [4.78, 5) is 14.5. The van der Waals surface area contributed by atoms with E-state index in [0.717, 1.165) is 21.7 Å². The number of benzene rings is 3. The van der Waals surface area contributed by atoms with Gasteiger partial charge in [-0.1, -0.05) is 72.3 Å². The molecule has 34 heavy (non-hydrogen) atoms. The largest absolute Gasteiger partial charge is 0.445 e.